The first-order valence-corrected chi connectivity index (χ1v) is 8.20. The lowest BCUT2D eigenvalue weighted by Gasteiger charge is -2.47. The van der Waals surface area contributed by atoms with Gasteiger partial charge in [-0.05, 0) is 51.3 Å². The average Bonchev–Trinajstić information content (AvgIpc) is 3.12. The predicted octanol–water partition coefficient (Wildman–Crippen LogP) is 3.14. The van der Waals surface area contributed by atoms with Crippen molar-refractivity contribution in [3.05, 3.63) is 12.2 Å². The molecule has 1 aliphatic carbocycles. The van der Waals surface area contributed by atoms with Gasteiger partial charge in [0.15, 0.2) is 0 Å². The average molecular weight is 274 g/mol. The van der Waals surface area contributed by atoms with Gasteiger partial charge in [0.1, 0.15) is 6.29 Å². The summed E-state index contributed by atoms with van der Waals surface area (Å²) in [6.07, 6.45) is 18.0. The Morgan fingerprint density at radius 1 is 1.10 bits per heavy atom. The third-order valence-corrected chi connectivity index (χ3v) is 5.46. The highest BCUT2D eigenvalue weighted by atomic mass is 16.1. The van der Waals surface area contributed by atoms with Crippen molar-refractivity contribution in [3.8, 4) is 0 Å². The number of rotatable bonds is 5. The fraction of sp³-hybridized carbons (Fsp3) is 0.765. The van der Waals surface area contributed by atoms with Gasteiger partial charge in [-0.1, -0.05) is 25.3 Å². The van der Waals surface area contributed by atoms with Crippen LogP contribution in [0.4, 0.5) is 0 Å². The summed E-state index contributed by atoms with van der Waals surface area (Å²) in [7, 11) is 0. The molecular formula is C17H26N2O. The second-order valence-corrected chi connectivity index (χ2v) is 6.77. The summed E-state index contributed by atoms with van der Waals surface area (Å²) in [5, 5.41) is 0. The predicted molar refractivity (Wildman–Crippen MR) is 82.3 cm³/mol. The molecule has 1 atom stereocenters. The Balaban J connectivity index is 1.81. The van der Waals surface area contributed by atoms with E-state index in [0.29, 0.717) is 12.0 Å². The van der Waals surface area contributed by atoms with E-state index in [1.54, 1.807) is 0 Å². The van der Waals surface area contributed by atoms with Gasteiger partial charge in [-0.3, -0.25) is 9.89 Å². The quantitative estimate of drug-likeness (QED) is 0.721. The van der Waals surface area contributed by atoms with Gasteiger partial charge in [-0.25, -0.2) is 0 Å². The Kier molecular flexibility index (Phi) is 4.06. The zero-order chi connectivity index (χ0) is 13.9. The van der Waals surface area contributed by atoms with Crippen LogP contribution in [0.15, 0.2) is 17.1 Å². The molecule has 3 rings (SSSR count). The van der Waals surface area contributed by atoms with Crippen LogP contribution in [0, 0.1) is 0 Å². The highest BCUT2D eigenvalue weighted by Gasteiger charge is 2.45. The number of carbonyl (C=O) groups is 1. The summed E-state index contributed by atoms with van der Waals surface area (Å²) in [5.74, 6) is 0. The van der Waals surface area contributed by atoms with E-state index in [4.69, 9.17) is 0 Å². The summed E-state index contributed by atoms with van der Waals surface area (Å²) in [6.45, 7) is 2.48. The van der Waals surface area contributed by atoms with Gasteiger partial charge in [0.2, 0.25) is 0 Å². The van der Waals surface area contributed by atoms with Crippen LogP contribution >= 0.6 is 0 Å². The Labute approximate surface area is 122 Å². The lowest BCUT2D eigenvalue weighted by atomic mass is 9.78. The van der Waals surface area contributed by atoms with Crippen LogP contribution in [-0.2, 0) is 4.79 Å². The normalized spacial score (nSPS) is 32.8. The molecule has 0 N–H and O–H groups in total. The third kappa shape index (κ3) is 2.60. The van der Waals surface area contributed by atoms with E-state index >= 15 is 0 Å². The van der Waals surface area contributed by atoms with Crippen LogP contribution in [0.5, 0.6) is 0 Å². The smallest absolute Gasteiger partial charge is 0.122 e. The minimum absolute atomic E-state index is 0.246. The molecule has 1 saturated carbocycles. The summed E-state index contributed by atoms with van der Waals surface area (Å²) in [4.78, 5) is 18.5. The molecular weight excluding hydrogens is 248 g/mol. The van der Waals surface area contributed by atoms with E-state index < -0.39 is 0 Å². The molecule has 2 heterocycles. The van der Waals surface area contributed by atoms with E-state index in [2.05, 4.69) is 16.0 Å². The Hall–Kier alpha value is -0.960. The molecule has 2 aliphatic heterocycles. The van der Waals surface area contributed by atoms with Crippen molar-refractivity contribution in [2.45, 2.75) is 68.9 Å². The van der Waals surface area contributed by atoms with E-state index in [0.717, 1.165) is 12.7 Å². The van der Waals surface area contributed by atoms with Gasteiger partial charge in [0, 0.05) is 18.2 Å². The number of hydrogen-bond acceptors (Lipinski definition) is 3. The second kappa shape index (κ2) is 5.80. The fourth-order valence-electron chi connectivity index (χ4n) is 4.47. The molecule has 0 bridgehead atoms. The zero-order valence-electron chi connectivity index (χ0n) is 12.4. The molecule has 0 aromatic carbocycles. The summed E-state index contributed by atoms with van der Waals surface area (Å²) < 4.78 is 0. The number of allylic oxidation sites excluding steroid dienone is 1. The molecule has 2 fully saturated rings. The molecule has 20 heavy (non-hydrogen) atoms. The van der Waals surface area contributed by atoms with Crippen LogP contribution in [0.3, 0.4) is 0 Å². The van der Waals surface area contributed by atoms with Gasteiger partial charge in [-0.15, -0.1) is 0 Å². The zero-order valence-corrected chi connectivity index (χ0v) is 12.4. The molecule has 0 radical (unpaired) electrons. The van der Waals surface area contributed by atoms with Crippen molar-refractivity contribution >= 4 is 12.5 Å². The lowest BCUT2D eigenvalue weighted by molar-refractivity contribution is -0.108. The molecule has 0 amide bonds. The molecule has 110 valence electrons. The fourth-order valence-corrected chi connectivity index (χ4v) is 4.47. The molecule has 3 heteroatoms. The van der Waals surface area contributed by atoms with Crippen molar-refractivity contribution in [3.63, 3.8) is 0 Å². The van der Waals surface area contributed by atoms with Gasteiger partial charge < -0.3 is 4.79 Å². The minimum atomic E-state index is -0.246. The molecule has 1 saturated heterocycles. The molecule has 3 aliphatic rings. The molecule has 3 nitrogen and oxygen atoms in total. The van der Waals surface area contributed by atoms with E-state index in [-0.39, 0.29) is 5.54 Å². The Bertz CT molecular complexity index is 389. The van der Waals surface area contributed by atoms with Crippen molar-refractivity contribution in [1.29, 1.82) is 0 Å². The number of likely N-dealkylation sites (tertiary alicyclic amines) is 1. The van der Waals surface area contributed by atoms with Gasteiger partial charge in [0.25, 0.3) is 0 Å². The van der Waals surface area contributed by atoms with E-state index in [1.807, 2.05) is 12.3 Å². The highest BCUT2D eigenvalue weighted by Crippen LogP contribution is 2.45. The first kappa shape index (κ1) is 14.0. The maximum absolute atomic E-state index is 11.1. The topological polar surface area (TPSA) is 32.7 Å². The van der Waals surface area contributed by atoms with Gasteiger partial charge in [0.05, 0.1) is 5.54 Å². The van der Waals surface area contributed by atoms with Crippen LogP contribution < -0.4 is 0 Å². The monoisotopic (exact) mass is 274 g/mol. The molecule has 0 aromatic heterocycles. The van der Waals surface area contributed by atoms with Crippen molar-refractivity contribution in [2.75, 3.05) is 13.1 Å². The standard InChI is InChI=1S/C17H26N2O/c20-14-10-16(7-6-11-18-16)15-17(8-2-3-9-17)19-12-4-1-5-13-19/h6-7,11,14H,1-5,8-10,12-13,15H2. The number of hydrogen-bond donors (Lipinski definition) is 0. The van der Waals surface area contributed by atoms with Crippen molar-refractivity contribution in [2.24, 2.45) is 4.99 Å². The maximum atomic E-state index is 11.1. The molecule has 0 spiro atoms. The van der Waals surface area contributed by atoms with Crippen LogP contribution in [-0.4, -0.2) is 41.6 Å². The summed E-state index contributed by atoms with van der Waals surface area (Å²) >= 11 is 0. The van der Waals surface area contributed by atoms with Gasteiger partial charge in [-0.2, -0.15) is 0 Å². The number of aliphatic imine (C=N–C) groups is 1. The number of piperidine rings is 1. The largest absolute Gasteiger partial charge is 0.303 e. The SMILES string of the molecule is O=CCC1(CC2(N3CCCCC3)CCCC2)C=CC=N1. The maximum Gasteiger partial charge on any atom is 0.122 e. The highest BCUT2D eigenvalue weighted by molar-refractivity contribution is 5.76. The summed E-state index contributed by atoms with van der Waals surface area (Å²) in [6, 6.07) is 0. The van der Waals surface area contributed by atoms with Crippen LogP contribution in [0.25, 0.3) is 0 Å². The Morgan fingerprint density at radius 3 is 2.45 bits per heavy atom. The van der Waals surface area contributed by atoms with Gasteiger partial charge >= 0.3 is 0 Å². The molecule has 1 unspecified atom stereocenters. The number of aldehydes is 1. The number of nitrogens with zero attached hydrogens (tertiary/aromatic N) is 2. The van der Waals surface area contributed by atoms with Crippen molar-refractivity contribution < 1.29 is 4.79 Å². The van der Waals surface area contributed by atoms with Crippen LogP contribution in [0.2, 0.25) is 0 Å². The van der Waals surface area contributed by atoms with E-state index in [1.165, 1.54) is 58.0 Å². The van der Waals surface area contributed by atoms with E-state index in [9.17, 15) is 4.79 Å². The molecule has 0 aromatic rings. The number of carbonyl (C=O) groups excluding carboxylic acids is 1. The Morgan fingerprint density at radius 2 is 1.85 bits per heavy atom. The third-order valence-electron chi connectivity index (χ3n) is 5.46. The first-order chi connectivity index (χ1) is 9.79. The first-order valence-electron chi connectivity index (χ1n) is 8.20. The van der Waals surface area contributed by atoms with Crippen LogP contribution in [0.1, 0.15) is 57.8 Å². The van der Waals surface area contributed by atoms with Crippen molar-refractivity contribution in [1.82, 2.24) is 4.90 Å². The lowest BCUT2D eigenvalue weighted by Crippen LogP contribution is -2.52. The summed E-state index contributed by atoms with van der Waals surface area (Å²) in [5.41, 5.74) is 0.0546. The minimum Gasteiger partial charge on any atom is -0.303 e. The second-order valence-electron chi connectivity index (χ2n) is 6.77.